The van der Waals surface area contributed by atoms with Crippen molar-refractivity contribution in [3.05, 3.63) is 77.7 Å². The van der Waals surface area contributed by atoms with Gasteiger partial charge in [0.1, 0.15) is 17.2 Å². The van der Waals surface area contributed by atoms with Crippen molar-refractivity contribution < 1.29 is 13.9 Å². The highest BCUT2D eigenvalue weighted by molar-refractivity contribution is 6.06. The van der Waals surface area contributed by atoms with E-state index in [-0.39, 0.29) is 5.91 Å². The molecule has 6 heteroatoms. The number of nitrogens with zero attached hydrogens (tertiary/aromatic N) is 2. The van der Waals surface area contributed by atoms with Gasteiger partial charge in [0.2, 0.25) is 0 Å². The molecule has 0 saturated heterocycles. The average molecular weight is 361 g/mol. The molecule has 4 rings (SSSR count). The van der Waals surface area contributed by atoms with E-state index in [1.54, 1.807) is 24.1 Å². The Labute approximate surface area is 156 Å². The van der Waals surface area contributed by atoms with Crippen molar-refractivity contribution >= 4 is 22.7 Å². The van der Waals surface area contributed by atoms with Crippen LogP contribution < -0.4 is 10.1 Å². The Hall–Kier alpha value is -3.54. The Morgan fingerprint density at radius 2 is 1.93 bits per heavy atom. The topological polar surface area (TPSA) is 69.3 Å². The zero-order valence-corrected chi connectivity index (χ0v) is 15.1. The van der Waals surface area contributed by atoms with Crippen molar-refractivity contribution in [3.8, 4) is 5.75 Å². The molecule has 2 aromatic carbocycles. The molecule has 0 fully saturated rings. The number of methoxy groups -OCH3 is 1. The number of furan rings is 1. The Morgan fingerprint density at radius 1 is 1.15 bits per heavy atom. The molecule has 27 heavy (non-hydrogen) atoms. The molecule has 4 aromatic rings. The summed E-state index contributed by atoms with van der Waals surface area (Å²) in [7, 11) is 1.64. The molecule has 0 aliphatic heterocycles. The number of fused-ring (bicyclic) bond motifs is 1. The second-order valence-electron chi connectivity index (χ2n) is 6.23. The molecule has 0 atom stereocenters. The van der Waals surface area contributed by atoms with Crippen LogP contribution in [-0.4, -0.2) is 22.8 Å². The highest BCUT2D eigenvalue weighted by Crippen LogP contribution is 2.25. The van der Waals surface area contributed by atoms with Gasteiger partial charge in [-0.15, -0.1) is 0 Å². The maximum absolute atomic E-state index is 12.7. The van der Waals surface area contributed by atoms with E-state index < -0.39 is 0 Å². The number of carbonyl (C=O) groups excluding carboxylic acids is 1. The summed E-state index contributed by atoms with van der Waals surface area (Å²) in [5, 5.41) is 8.14. The van der Waals surface area contributed by atoms with Crippen molar-refractivity contribution in [2.24, 2.45) is 0 Å². The number of anilines is 1. The smallest absolute Gasteiger partial charge is 0.292 e. The van der Waals surface area contributed by atoms with E-state index in [1.165, 1.54) is 0 Å². The first kappa shape index (κ1) is 16.9. The van der Waals surface area contributed by atoms with E-state index >= 15 is 0 Å². The largest absolute Gasteiger partial charge is 0.497 e. The first-order valence-corrected chi connectivity index (χ1v) is 8.60. The molecule has 2 heterocycles. The minimum absolute atomic E-state index is 0.291. The highest BCUT2D eigenvalue weighted by Gasteiger charge is 2.18. The first-order valence-electron chi connectivity index (χ1n) is 8.60. The summed E-state index contributed by atoms with van der Waals surface area (Å²) in [4.78, 5) is 12.7. The van der Waals surface area contributed by atoms with E-state index in [2.05, 4.69) is 10.4 Å². The van der Waals surface area contributed by atoms with Gasteiger partial charge < -0.3 is 14.5 Å². The molecule has 0 bridgehead atoms. The molecule has 1 N–H and O–H groups in total. The minimum Gasteiger partial charge on any atom is -0.497 e. The fraction of sp³-hybridized carbons (Fsp3) is 0.143. The Morgan fingerprint density at radius 3 is 2.67 bits per heavy atom. The number of aromatic nitrogens is 2. The lowest BCUT2D eigenvalue weighted by Gasteiger charge is -2.09. The lowest BCUT2D eigenvalue weighted by molar-refractivity contribution is 0.0997. The average Bonchev–Trinajstić information content (AvgIpc) is 3.27. The molecule has 0 aliphatic rings. The number of ether oxygens (including phenoxy) is 1. The van der Waals surface area contributed by atoms with E-state index in [9.17, 15) is 4.79 Å². The van der Waals surface area contributed by atoms with Gasteiger partial charge >= 0.3 is 0 Å². The summed E-state index contributed by atoms with van der Waals surface area (Å²) in [6.45, 7) is 2.42. The molecule has 0 radical (unpaired) electrons. The van der Waals surface area contributed by atoms with Gasteiger partial charge in [-0.2, -0.15) is 5.10 Å². The van der Waals surface area contributed by atoms with Crippen LogP contribution in [0.3, 0.4) is 0 Å². The Bertz CT molecular complexity index is 1090. The normalized spacial score (nSPS) is 10.9. The van der Waals surface area contributed by atoms with Crippen molar-refractivity contribution in [2.45, 2.75) is 13.5 Å². The molecule has 1 amide bonds. The van der Waals surface area contributed by atoms with Gasteiger partial charge in [-0.1, -0.05) is 30.3 Å². The van der Waals surface area contributed by atoms with Gasteiger partial charge in [0.15, 0.2) is 5.76 Å². The predicted octanol–water partition coefficient (Wildman–Crippen LogP) is 4.25. The van der Waals surface area contributed by atoms with Crippen LogP contribution in [0.1, 0.15) is 21.7 Å². The fourth-order valence-corrected chi connectivity index (χ4v) is 3.03. The molecule has 0 aliphatic carbocycles. The summed E-state index contributed by atoms with van der Waals surface area (Å²) in [5.74, 6) is 1.43. The SMILES string of the molecule is COc1ccc(Cn2nccc2NC(=O)c2oc3ccccc3c2C)cc1. The number of hydrogen-bond donors (Lipinski definition) is 1. The van der Waals surface area contributed by atoms with Crippen molar-refractivity contribution in [3.63, 3.8) is 0 Å². The van der Waals surface area contributed by atoms with Gasteiger partial charge in [-0.3, -0.25) is 4.79 Å². The van der Waals surface area contributed by atoms with Crippen LogP contribution in [0.4, 0.5) is 5.82 Å². The molecule has 2 aromatic heterocycles. The summed E-state index contributed by atoms with van der Waals surface area (Å²) >= 11 is 0. The van der Waals surface area contributed by atoms with Gasteiger partial charge in [0.05, 0.1) is 19.9 Å². The number of para-hydroxylation sites is 1. The summed E-state index contributed by atoms with van der Waals surface area (Å²) in [6, 6.07) is 17.1. The zero-order chi connectivity index (χ0) is 18.8. The third kappa shape index (κ3) is 3.29. The standard InChI is InChI=1S/C21H19N3O3/c1-14-17-5-3-4-6-18(17)27-20(14)21(25)23-19-11-12-22-24(19)13-15-7-9-16(26-2)10-8-15/h3-12H,13H2,1-2H3,(H,23,25). The lowest BCUT2D eigenvalue weighted by Crippen LogP contribution is -2.16. The third-order valence-electron chi connectivity index (χ3n) is 4.50. The van der Waals surface area contributed by atoms with Crippen LogP contribution in [0.2, 0.25) is 0 Å². The van der Waals surface area contributed by atoms with Crippen LogP contribution in [0.25, 0.3) is 11.0 Å². The number of nitrogens with one attached hydrogen (secondary N) is 1. The predicted molar refractivity (Wildman–Crippen MR) is 103 cm³/mol. The fourth-order valence-electron chi connectivity index (χ4n) is 3.03. The van der Waals surface area contributed by atoms with E-state index in [1.807, 2.05) is 55.5 Å². The maximum atomic E-state index is 12.7. The molecule has 0 spiro atoms. The zero-order valence-electron chi connectivity index (χ0n) is 15.1. The first-order chi connectivity index (χ1) is 13.2. The number of hydrogen-bond acceptors (Lipinski definition) is 4. The van der Waals surface area contributed by atoms with E-state index in [0.29, 0.717) is 23.7 Å². The maximum Gasteiger partial charge on any atom is 0.292 e. The van der Waals surface area contributed by atoms with Crippen molar-refractivity contribution in [1.29, 1.82) is 0 Å². The number of rotatable bonds is 5. The second-order valence-corrected chi connectivity index (χ2v) is 6.23. The summed E-state index contributed by atoms with van der Waals surface area (Å²) in [5.41, 5.74) is 2.58. The number of amides is 1. The Balaban J connectivity index is 1.55. The Kier molecular flexibility index (Phi) is 4.38. The van der Waals surface area contributed by atoms with Crippen LogP contribution in [0.15, 0.2) is 65.2 Å². The van der Waals surface area contributed by atoms with Crippen molar-refractivity contribution in [1.82, 2.24) is 9.78 Å². The monoisotopic (exact) mass is 361 g/mol. The third-order valence-corrected chi connectivity index (χ3v) is 4.50. The molecule has 0 saturated carbocycles. The quantitative estimate of drug-likeness (QED) is 0.577. The van der Waals surface area contributed by atoms with Gasteiger partial charge in [0, 0.05) is 17.0 Å². The molecule has 0 unspecified atom stereocenters. The highest BCUT2D eigenvalue weighted by atomic mass is 16.5. The molecular formula is C21H19N3O3. The lowest BCUT2D eigenvalue weighted by atomic mass is 10.1. The minimum atomic E-state index is -0.291. The number of aryl methyl sites for hydroxylation is 1. The van der Waals surface area contributed by atoms with Crippen LogP contribution in [-0.2, 0) is 6.54 Å². The van der Waals surface area contributed by atoms with Gasteiger partial charge in [-0.05, 0) is 30.7 Å². The molecule has 136 valence electrons. The molecule has 6 nitrogen and oxygen atoms in total. The van der Waals surface area contributed by atoms with E-state index in [4.69, 9.17) is 9.15 Å². The van der Waals surface area contributed by atoms with Crippen LogP contribution in [0.5, 0.6) is 5.75 Å². The van der Waals surface area contributed by atoms with Gasteiger partial charge in [-0.25, -0.2) is 4.68 Å². The van der Waals surface area contributed by atoms with Crippen molar-refractivity contribution in [2.75, 3.05) is 12.4 Å². The van der Waals surface area contributed by atoms with E-state index in [0.717, 1.165) is 22.3 Å². The van der Waals surface area contributed by atoms with Crippen LogP contribution in [0, 0.1) is 6.92 Å². The summed E-state index contributed by atoms with van der Waals surface area (Å²) < 4.78 is 12.6. The second kappa shape index (κ2) is 6.99. The van der Waals surface area contributed by atoms with Crippen LogP contribution >= 0.6 is 0 Å². The number of benzene rings is 2. The summed E-state index contributed by atoms with van der Waals surface area (Å²) in [6.07, 6.45) is 1.66. The van der Waals surface area contributed by atoms with Gasteiger partial charge in [0.25, 0.3) is 5.91 Å². The number of carbonyl (C=O) groups is 1. The molecular weight excluding hydrogens is 342 g/mol.